The smallest absolute Gasteiger partial charge is 0.348 e. The van der Waals surface area contributed by atoms with Crippen LogP contribution in [0.4, 0.5) is 5.82 Å². The minimum absolute atomic E-state index is 0.0645. The quantitative estimate of drug-likeness (QED) is 0.872. The van der Waals surface area contributed by atoms with E-state index in [4.69, 9.17) is 4.74 Å². The molecule has 0 spiro atoms. The van der Waals surface area contributed by atoms with E-state index < -0.39 is 0 Å². The summed E-state index contributed by atoms with van der Waals surface area (Å²) < 4.78 is 7.09. The van der Waals surface area contributed by atoms with Crippen LogP contribution in [0.1, 0.15) is 27.2 Å². The zero-order valence-electron chi connectivity index (χ0n) is 11.9. The van der Waals surface area contributed by atoms with Gasteiger partial charge in [0, 0.05) is 24.1 Å². The first kappa shape index (κ1) is 13.1. The molecule has 1 fully saturated rings. The van der Waals surface area contributed by atoms with Gasteiger partial charge in [0.2, 0.25) is 0 Å². The Morgan fingerprint density at radius 2 is 2.40 bits per heavy atom. The second-order valence-electron chi connectivity index (χ2n) is 5.73. The molecule has 2 N–H and O–H groups in total. The van der Waals surface area contributed by atoms with Gasteiger partial charge in [-0.05, 0) is 13.3 Å². The van der Waals surface area contributed by atoms with Gasteiger partial charge in [0.1, 0.15) is 12.1 Å². The van der Waals surface area contributed by atoms with Crippen LogP contribution in [0.15, 0.2) is 17.2 Å². The van der Waals surface area contributed by atoms with Gasteiger partial charge in [0.15, 0.2) is 5.65 Å². The summed E-state index contributed by atoms with van der Waals surface area (Å²) in [6.45, 7) is 7.13. The number of ether oxygens (including phenoxy) is 1. The second-order valence-corrected chi connectivity index (χ2v) is 5.73. The first-order chi connectivity index (χ1) is 9.52. The predicted molar refractivity (Wildman–Crippen MR) is 74.8 cm³/mol. The van der Waals surface area contributed by atoms with Gasteiger partial charge in [-0.2, -0.15) is 5.10 Å². The molecule has 0 radical (unpaired) electrons. The maximum Gasteiger partial charge on any atom is 0.348 e. The van der Waals surface area contributed by atoms with E-state index in [2.05, 4.69) is 34.3 Å². The zero-order chi connectivity index (χ0) is 14.3. The molecule has 0 saturated heterocycles. The SMILES string of the molecule is CCOC1CC(Nc2cc3n[nH]c(=O)n3cn2)C1(C)C. The molecule has 0 amide bonds. The number of hydrogen-bond acceptors (Lipinski definition) is 5. The average molecular weight is 277 g/mol. The fourth-order valence-electron chi connectivity index (χ4n) is 2.68. The van der Waals surface area contributed by atoms with Crippen LogP contribution in [0.5, 0.6) is 0 Å². The van der Waals surface area contributed by atoms with Crippen LogP contribution < -0.4 is 11.0 Å². The first-order valence-corrected chi connectivity index (χ1v) is 6.83. The van der Waals surface area contributed by atoms with E-state index in [1.807, 2.05) is 6.92 Å². The minimum Gasteiger partial charge on any atom is -0.378 e. The van der Waals surface area contributed by atoms with Gasteiger partial charge in [0.05, 0.1) is 6.10 Å². The first-order valence-electron chi connectivity index (χ1n) is 6.83. The summed E-state index contributed by atoms with van der Waals surface area (Å²) >= 11 is 0. The molecule has 0 aromatic carbocycles. The van der Waals surface area contributed by atoms with E-state index in [-0.39, 0.29) is 17.2 Å². The highest BCUT2D eigenvalue weighted by molar-refractivity contribution is 5.49. The molecule has 2 unspecified atom stereocenters. The standard InChI is InChI=1S/C13H19N5O2/c1-4-20-9-5-8(13(9,2)3)15-10-6-11-16-17-12(19)18(11)7-14-10/h6-9,15H,4-5H2,1-3H3,(H,17,19). The molecule has 1 aliphatic carbocycles. The molecule has 7 nitrogen and oxygen atoms in total. The number of hydrogen-bond donors (Lipinski definition) is 2. The van der Waals surface area contributed by atoms with Crippen molar-refractivity contribution in [1.82, 2.24) is 19.6 Å². The predicted octanol–water partition coefficient (Wildman–Crippen LogP) is 1.03. The number of nitrogens with one attached hydrogen (secondary N) is 2. The highest BCUT2D eigenvalue weighted by Gasteiger charge is 2.49. The van der Waals surface area contributed by atoms with Crippen LogP contribution in [0.3, 0.4) is 0 Å². The van der Waals surface area contributed by atoms with Crippen LogP contribution in [0.25, 0.3) is 5.65 Å². The topological polar surface area (TPSA) is 84.3 Å². The summed E-state index contributed by atoms with van der Waals surface area (Å²) in [5.74, 6) is 0.726. The fourth-order valence-corrected chi connectivity index (χ4v) is 2.68. The van der Waals surface area contributed by atoms with Crippen LogP contribution in [-0.4, -0.2) is 38.3 Å². The van der Waals surface area contributed by atoms with Gasteiger partial charge in [0.25, 0.3) is 0 Å². The van der Waals surface area contributed by atoms with Crippen molar-refractivity contribution in [2.24, 2.45) is 5.41 Å². The normalized spacial score (nSPS) is 24.6. The van der Waals surface area contributed by atoms with Crippen molar-refractivity contribution >= 4 is 11.5 Å². The molecular weight excluding hydrogens is 258 g/mol. The number of fused-ring (bicyclic) bond motifs is 1. The maximum atomic E-state index is 11.4. The van der Waals surface area contributed by atoms with Gasteiger partial charge < -0.3 is 10.1 Å². The molecule has 0 bridgehead atoms. The van der Waals surface area contributed by atoms with Crippen molar-refractivity contribution in [1.29, 1.82) is 0 Å². The van der Waals surface area contributed by atoms with E-state index in [1.54, 1.807) is 6.07 Å². The zero-order valence-corrected chi connectivity index (χ0v) is 11.9. The third kappa shape index (κ3) is 1.98. The van der Waals surface area contributed by atoms with E-state index in [0.717, 1.165) is 18.8 Å². The molecule has 2 aromatic heterocycles. The Morgan fingerprint density at radius 1 is 1.60 bits per heavy atom. The van der Waals surface area contributed by atoms with Crippen LogP contribution in [-0.2, 0) is 4.74 Å². The monoisotopic (exact) mass is 277 g/mol. The third-order valence-electron chi connectivity index (χ3n) is 4.18. The molecule has 2 aromatic rings. The molecular formula is C13H19N5O2. The van der Waals surface area contributed by atoms with Crippen molar-refractivity contribution in [3.63, 3.8) is 0 Å². The Hall–Kier alpha value is -1.89. The van der Waals surface area contributed by atoms with Crippen LogP contribution in [0, 0.1) is 5.41 Å². The van der Waals surface area contributed by atoms with Crippen molar-refractivity contribution in [3.05, 3.63) is 22.9 Å². The summed E-state index contributed by atoms with van der Waals surface area (Å²) in [5.41, 5.74) is 0.347. The molecule has 1 aliphatic rings. The Labute approximate surface area is 116 Å². The lowest BCUT2D eigenvalue weighted by Gasteiger charge is -2.51. The van der Waals surface area contributed by atoms with Gasteiger partial charge >= 0.3 is 5.69 Å². The summed E-state index contributed by atoms with van der Waals surface area (Å²) in [4.78, 5) is 15.6. The number of rotatable bonds is 4. The summed E-state index contributed by atoms with van der Waals surface area (Å²) in [7, 11) is 0. The third-order valence-corrected chi connectivity index (χ3v) is 4.18. The summed E-state index contributed by atoms with van der Waals surface area (Å²) in [5, 5.41) is 9.72. The van der Waals surface area contributed by atoms with Crippen molar-refractivity contribution in [2.75, 3.05) is 11.9 Å². The summed E-state index contributed by atoms with van der Waals surface area (Å²) in [6.07, 6.45) is 2.72. The number of aromatic nitrogens is 4. The lowest BCUT2D eigenvalue weighted by Crippen LogP contribution is -2.58. The van der Waals surface area contributed by atoms with Crippen LogP contribution in [0.2, 0.25) is 0 Å². The lowest BCUT2D eigenvalue weighted by molar-refractivity contribution is -0.0976. The van der Waals surface area contributed by atoms with Crippen LogP contribution >= 0.6 is 0 Å². The molecule has 108 valence electrons. The van der Waals surface area contributed by atoms with Crippen molar-refractivity contribution < 1.29 is 4.74 Å². The molecule has 0 aliphatic heterocycles. The van der Waals surface area contributed by atoms with Gasteiger partial charge in [-0.3, -0.25) is 0 Å². The maximum absolute atomic E-state index is 11.4. The number of anilines is 1. The molecule has 7 heteroatoms. The van der Waals surface area contributed by atoms with Crippen molar-refractivity contribution in [3.8, 4) is 0 Å². The number of H-pyrrole nitrogens is 1. The summed E-state index contributed by atoms with van der Waals surface area (Å²) in [6, 6.07) is 2.07. The Balaban J connectivity index is 1.76. The van der Waals surface area contributed by atoms with Gasteiger partial charge in [-0.1, -0.05) is 13.8 Å². The van der Waals surface area contributed by atoms with E-state index in [0.29, 0.717) is 11.7 Å². The minimum atomic E-state index is -0.278. The van der Waals surface area contributed by atoms with E-state index in [1.165, 1.54) is 10.7 Å². The van der Waals surface area contributed by atoms with E-state index in [9.17, 15) is 4.79 Å². The average Bonchev–Trinajstić information content (AvgIpc) is 2.79. The highest BCUT2D eigenvalue weighted by atomic mass is 16.5. The number of nitrogens with zero attached hydrogens (tertiary/aromatic N) is 3. The fraction of sp³-hybridized carbons (Fsp3) is 0.615. The van der Waals surface area contributed by atoms with E-state index >= 15 is 0 Å². The Kier molecular flexibility index (Phi) is 3.01. The van der Waals surface area contributed by atoms with Crippen molar-refractivity contribution in [2.45, 2.75) is 39.3 Å². The molecule has 3 rings (SSSR count). The van der Waals surface area contributed by atoms with Gasteiger partial charge in [-0.25, -0.2) is 19.3 Å². The lowest BCUT2D eigenvalue weighted by atomic mass is 9.64. The molecule has 2 heterocycles. The largest absolute Gasteiger partial charge is 0.378 e. The molecule has 1 saturated carbocycles. The second kappa shape index (κ2) is 4.59. The van der Waals surface area contributed by atoms with Gasteiger partial charge in [-0.15, -0.1) is 0 Å². The Morgan fingerprint density at radius 3 is 3.10 bits per heavy atom. The molecule has 20 heavy (non-hydrogen) atoms. The number of aromatic amines is 1. The Bertz CT molecular complexity index is 675. The molecule has 2 atom stereocenters. The highest BCUT2D eigenvalue weighted by Crippen LogP contribution is 2.44.